The molecule has 0 amide bonds. The van der Waals surface area contributed by atoms with Gasteiger partial charge in [-0.05, 0) is 12.1 Å². The van der Waals surface area contributed by atoms with Crippen LogP contribution in [0, 0.1) is 0 Å². The molecule has 0 unspecified atom stereocenters. The monoisotopic (exact) mass is 248 g/mol. The van der Waals surface area contributed by atoms with E-state index in [1.54, 1.807) is 0 Å². The zero-order valence-electron chi connectivity index (χ0n) is 10.5. The lowest BCUT2D eigenvalue weighted by Gasteiger charge is -2.07. The average molecular weight is 248 g/mol. The quantitative estimate of drug-likeness (QED) is 0.652. The van der Waals surface area contributed by atoms with Crippen LogP contribution in [-0.4, -0.2) is 15.8 Å². The van der Waals surface area contributed by atoms with Crippen molar-refractivity contribution in [2.24, 2.45) is 0 Å². The Morgan fingerprint density at radius 3 is 2.05 bits per heavy atom. The van der Waals surface area contributed by atoms with E-state index in [2.05, 4.69) is 9.97 Å². The zero-order chi connectivity index (χ0) is 13.2. The Bertz CT molecular complexity index is 751. The number of aromatic nitrogens is 2. The molecule has 0 aliphatic heterocycles. The summed E-state index contributed by atoms with van der Waals surface area (Å²) in [7, 11) is 0. The van der Waals surface area contributed by atoms with Crippen molar-refractivity contribution >= 4 is 16.8 Å². The number of nitrogens with zero attached hydrogens (tertiary/aromatic N) is 2. The first-order valence-electron chi connectivity index (χ1n) is 6.09. The van der Waals surface area contributed by atoms with E-state index in [9.17, 15) is 4.79 Å². The molecule has 3 aromatic rings. The van der Waals surface area contributed by atoms with Gasteiger partial charge >= 0.3 is 0 Å². The molecule has 1 aromatic heterocycles. The fourth-order valence-corrected chi connectivity index (χ4v) is 2.04. The van der Waals surface area contributed by atoms with Crippen LogP contribution >= 0.6 is 0 Å². The molecule has 3 nitrogen and oxygen atoms in total. The van der Waals surface area contributed by atoms with E-state index in [4.69, 9.17) is 0 Å². The van der Waals surface area contributed by atoms with Gasteiger partial charge in [0, 0.05) is 12.5 Å². The van der Waals surface area contributed by atoms with E-state index in [0.29, 0.717) is 11.4 Å². The van der Waals surface area contributed by atoms with E-state index in [-0.39, 0.29) is 5.78 Å². The van der Waals surface area contributed by atoms with E-state index >= 15 is 0 Å². The largest absolute Gasteiger partial charge is 0.293 e. The van der Waals surface area contributed by atoms with E-state index in [1.165, 1.54) is 6.92 Å². The third-order valence-corrected chi connectivity index (χ3v) is 2.95. The van der Waals surface area contributed by atoms with Crippen LogP contribution in [0.2, 0.25) is 0 Å². The summed E-state index contributed by atoms with van der Waals surface area (Å²) in [5.74, 6) is -0.0721. The molecule has 0 atom stereocenters. The number of carbonyl (C=O) groups is 1. The first kappa shape index (κ1) is 11.5. The lowest BCUT2D eigenvalue weighted by atomic mass is 10.1. The summed E-state index contributed by atoms with van der Waals surface area (Å²) in [6.07, 6.45) is 0. The molecular formula is C16H12N2O. The van der Waals surface area contributed by atoms with Gasteiger partial charge in [-0.15, -0.1) is 0 Å². The van der Waals surface area contributed by atoms with Crippen molar-refractivity contribution in [1.29, 1.82) is 0 Å². The Morgan fingerprint density at radius 2 is 1.42 bits per heavy atom. The van der Waals surface area contributed by atoms with Gasteiger partial charge in [-0.3, -0.25) is 4.79 Å². The van der Waals surface area contributed by atoms with Crippen molar-refractivity contribution in [2.45, 2.75) is 6.92 Å². The van der Waals surface area contributed by atoms with Crippen LogP contribution in [0.3, 0.4) is 0 Å². The van der Waals surface area contributed by atoms with Gasteiger partial charge in [0.1, 0.15) is 11.4 Å². The number of para-hydroxylation sites is 2. The minimum Gasteiger partial charge on any atom is -0.293 e. The Hall–Kier alpha value is -2.55. The molecule has 0 bridgehead atoms. The number of Topliss-reactive ketones (excluding diaryl/α,β-unsaturated/α-hetero) is 1. The molecule has 3 rings (SSSR count). The summed E-state index contributed by atoms with van der Waals surface area (Å²) >= 11 is 0. The number of carbonyl (C=O) groups excluding carboxylic acids is 1. The summed E-state index contributed by atoms with van der Waals surface area (Å²) in [6, 6.07) is 17.2. The summed E-state index contributed by atoms with van der Waals surface area (Å²) < 4.78 is 0. The van der Waals surface area contributed by atoms with Crippen LogP contribution in [0.5, 0.6) is 0 Å². The maximum absolute atomic E-state index is 11.8. The molecule has 0 radical (unpaired) electrons. The first-order chi connectivity index (χ1) is 9.25. The Labute approximate surface area is 111 Å². The molecule has 0 saturated heterocycles. The Morgan fingerprint density at radius 1 is 0.842 bits per heavy atom. The average Bonchev–Trinajstić information content (AvgIpc) is 2.46. The summed E-state index contributed by atoms with van der Waals surface area (Å²) in [5.41, 5.74) is 3.52. The third-order valence-electron chi connectivity index (χ3n) is 2.95. The predicted molar refractivity (Wildman–Crippen MR) is 75.0 cm³/mol. The second kappa shape index (κ2) is 4.61. The number of benzene rings is 2. The molecule has 3 heteroatoms. The van der Waals surface area contributed by atoms with Crippen molar-refractivity contribution in [2.75, 3.05) is 0 Å². The lowest BCUT2D eigenvalue weighted by molar-refractivity contribution is 0.101. The molecule has 2 aromatic carbocycles. The van der Waals surface area contributed by atoms with Crippen molar-refractivity contribution in [3.63, 3.8) is 0 Å². The van der Waals surface area contributed by atoms with Crippen molar-refractivity contribution < 1.29 is 4.79 Å². The van der Waals surface area contributed by atoms with Crippen LogP contribution in [0.25, 0.3) is 22.3 Å². The molecular weight excluding hydrogens is 236 g/mol. The molecule has 0 aliphatic rings. The highest BCUT2D eigenvalue weighted by Gasteiger charge is 2.14. The van der Waals surface area contributed by atoms with Crippen LogP contribution in [0.1, 0.15) is 17.4 Å². The smallest absolute Gasteiger partial charge is 0.180 e. The van der Waals surface area contributed by atoms with Crippen LogP contribution < -0.4 is 0 Å². The van der Waals surface area contributed by atoms with Crippen LogP contribution in [0.4, 0.5) is 0 Å². The van der Waals surface area contributed by atoms with E-state index in [1.807, 2.05) is 54.6 Å². The van der Waals surface area contributed by atoms with Crippen LogP contribution in [0.15, 0.2) is 54.6 Å². The van der Waals surface area contributed by atoms with Gasteiger partial charge in [0.15, 0.2) is 5.78 Å². The van der Waals surface area contributed by atoms with Crippen LogP contribution in [-0.2, 0) is 0 Å². The van der Waals surface area contributed by atoms with Gasteiger partial charge in [-0.25, -0.2) is 9.97 Å². The van der Waals surface area contributed by atoms with Gasteiger partial charge in [0.25, 0.3) is 0 Å². The zero-order valence-corrected chi connectivity index (χ0v) is 10.5. The first-order valence-corrected chi connectivity index (χ1v) is 6.09. The van der Waals surface area contributed by atoms with Crippen molar-refractivity contribution in [3.8, 4) is 11.3 Å². The summed E-state index contributed by atoms with van der Waals surface area (Å²) in [5, 5.41) is 0. The van der Waals surface area contributed by atoms with Crippen molar-refractivity contribution in [1.82, 2.24) is 9.97 Å². The Kier molecular flexibility index (Phi) is 2.80. The number of hydrogen-bond donors (Lipinski definition) is 0. The molecule has 0 N–H and O–H groups in total. The number of fused-ring (bicyclic) bond motifs is 1. The third kappa shape index (κ3) is 2.10. The number of hydrogen-bond acceptors (Lipinski definition) is 3. The molecule has 92 valence electrons. The molecule has 0 spiro atoms. The summed E-state index contributed by atoms with van der Waals surface area (Å²) in [4.78, 5) is 20.8. The fraction of sp³-hybridized carbons (Fsp3) is 0.0625. The molecule has 0 aliphatic carbocycles. The minimum absolute atomic E-state index is 0.0721. The lowest BCUT2D eigenvalue weighted by Crippen LogP contribution is -2.03. The highest BCUT2D eigenvalue weighted by atomic mass is 16.1. The molecule has 0 saturated carbocycles. The Balaban J connectivity index is 2.33. The molecule has 19 heavy (non-hydrogen) atoms. The maximum atomic E-state index is 11.8. The van der Waals surface area contributed by atoms with Gasteiger partial charge in [-0.2, -0.15) is 0 Å². The predicted octanol–water partition coefficient (Wildman–Crippen LogP) is 3.50. The normalized spacial score (nSPS) is 10.6. The van der Waals surface area contributed by atoms with E-state index in [0.717, 1.165) is 16.6 Å². The topological polar surface area (TPSA) is 42.9 Å². The standard InChI is InChI=1S/C16H12N2O/c1-11(19)15-16(12-7-3-2-4-8-12)18-14-10-6-5-9-13(14)17-15/h2-10H,1H3. The van der Waals surface area contributed by atoms with Crippen molar-refractivity contribution in [3.05, 3.63) is 60.3 Å². The van der Waals surface area contributed by atoms with Gasteiger partial charge in [-0.1, -0.05) is 42.5 Å². The van der Waals surface area contributed by atoms with Gasteiger partial charge in [0.05, 0.1) is 11.0 Å². The minimum atomic E-state index is -0.0721. The fourth-order valence-electron chi connectivity index (χ4n) is 2.04. The summed E-state index contributed by atoms with van der Waals surface area (Å²) in [6.45, 7) is 1.52. The second-order valence-corrected chi connectivity index (χ2v) is 4.33. The highest BCUT2D eigenvalue weighted by Crippen LogP contribution is 2.23. The number of ketones is 1. The maximum Gasteiger partial charge on any atom is 0.180 e. The molecule has 0 fully saturated rings. The second-order valence-electron chi connectivity index (χ2n) is 4.33. The highest BCUT2D eigenvalue weighted by molar-refractivity contribution is 5.99. The number of rotatable bonds is 2. The molecule has 1 heterocycles. The van der Waals surface area contributed by atoms with E-state index < -0.39 is 0 Å². The van der Waals surface area contributed by atoms with Gasteiger partial charge < -0.3 is 0 Å². The van der Waals surface area contributed by atoms with Gasteiger partial charge in [0.2, 0.25) is 0 Å². The SMILES string of the molecule is CC(=O)c1nc2ccccc2nc1-c1ccccc1.